The Kier molecular flexibility index (Phi) is 3.55. The van der Waals surface area contributed by atoms with Crippen LogP contribution in [0.5, 0.6) is 0 Å². The van der Waals surface area contributed by atoms with E-state index < -0.39 is 0 Å². The molecule has 4 rings (SSSR count). The quantitative estimate of drug-likeness (QED) is 0.781. The average Bonchev–Trinajstić information content (AvgIpc) is 3.04. The van der Waals surface area contributed by atoms with Crippen molar-refractivity contribution in [1.82, 2.24) is 9.97 Å². The summed E-state index contributed by atoms with van der Waals surface area (Å²) in [6, 6.07) is 17.5. The highest BCUT2D eigenvalue weighted by Crippen LogP contribution is 2.30. The molecular formula is C18H17N3O2. The summed E-state index contributed by atoms with van der Waals surface area (Å²) in [6.07, 6.45) is 0.837. The van der Waals surface area contributed by atoms with E-state index in [4.69, 9.17) is 4.74 Å². The van der Waals surface area contributed by atoms with E-state index in [9.17, 15) is 4.79 Å². The van der Waals surface area contributed by atoms with Crippen LogP contribution < -0.4 is 10.9 Å². The van der Waals surface area contributed by atoms with Gasteiger partial charge >= 0.3 is 0 Å². The van der Waals surface area contributed by atoms with Crippen molar-refractivity contribution in [3.8, 4) is 0 Å². The normalized spacial score (nSPS) is 20.7. The number of aromatic nitrogens is 2. The lowest BCUT2D eigenvalue weighted by atomic mass is 10.0. The van der Waals surface area contributed by atoms with Crippen molar-refractivity contribution < 1.29 is 4.74 Å². The van der Waals surface area contributed by atoms with Crippen LogP contribution in [0.25, 0.3) is 10.9 Å². The number of benzene rings is 2. The molecule has 1 fully saturated rings. The number of fused-ring (bicyclic) bond motifs is 1. The summed E-state index contributed by atoms with van der Waals surface area (Å²) in [5, 5.41) is 3.93. The molecule has 3 aromatic rings. The van der Waals surface area contributed by atoms with Crippen molar-refractivity contribution in [1.29, 1.82) is 0 Å². The third-order valence-corrected chi connectivity index (χ3v) is 4.15. The lowest BCUT2D eigenvalue weighted by Crippen LogP contribution is -2.26. The molecule has 0 bridgehead atoms. The van der Waals surface area contributed by atoms with Crippen LogP contribution in [0, 0.1) is 0 Å². The number of nitrogens with one attached hydrogen (secondary N) is 2. The molecule has 1 aliphatic heterocycles. The number of ether oxygens (including phenoxy) is 1. The fraction of sp³-hybridized carbons (Fsp3) is 0.222. The highest BCUT2D eigenvalue weighted by Gasteiger charge is 2.30. The maximum Gasteiger partial charge on any atom is 0.260 e. The van der Waals surface area contributed by atoms with Gasteiger partial charge in [0, 0.05) is 6.61 Å². The summed E-state index contributed by atoms with van der Waals surface area (Å²) in [5.41, 5.74) is 1.69. The highest BCUT2D eigenvalue weighted by molar-refractivity contribution is 5.78. The second kappa shape index (κ2) is 5.85. The fourth-order valence-corrected chi connectivity index (χ4v) is 3.04. The molecule has 0 spiro atoms. The molecule has 5 nitrogen and oxygen atoms in total. The molecule has 2 heterocycles. The van der Waals surface area contributed by atoms with Crippen LogP contribution in [0.15, 0.2) is 59.4 Å². The predicted octanol–water partition coefficient (Wildman–Crippen LogP) is 2.87. The lowest BCUT2D eigenvalue weighted by Gasteiger charge is -2.20. The zero-order chi connectivity index (χ0) is 15.6. The number of para-hydroxylation sites is 1. The Morgan fingerprint density at radius 2 is 1.87 bits per heavy atom. The Morgan fingerprint density at radius 1 is 1.09 bits per heavy atom. The number of nitrogens with zero attached hydrogens (tertiary/aromatic N) is 1. The van der Waals surface area contributed by atoms with Crippen LogP contribution >= 0.6 is 0 Å². The van der Waals surface area contributed by atoms with Crippen molar-refractivity contribution in [2.24, 2.45) is 0 Å². The van der Waals surface area contributed by atoms with E-state index in [2.05, 4.69) is 27.4 Å². The van der Waals surface area contributed by atoms with Gasteiger partial charge in [-0.15, -0.1) is 0 Å². The topological polar surface area (TPSA) is 67.0 Å². The van der Waals surface area contributed by atoms with Gasteiger partial charge in [0.15, 0.2) is 0 Å². The van der Waals surface area contributed by atoms with Gasteiger partial charge in [0.05, 0.1) is 16.9 Å². The summed E-state index contributed by atoms with van der Waals surface area (Å²) >= 11 is 0. The Bertz CT molecular complexity index is 876. The smallest absolute Gasteiger partial charge is 0.260 e. The van der Waals surface area contributed by atoms with E-state index in [-0.39, 0.29) is 17.7 Å². The highest BCUT2D eigenvalue weighted by atomic mass is 16.5. The van der Waals surface area contributed by atoms with E-state index in [1.807, 2.05) is 36.4 Å². The van der Waals surface area contributed by atoms with E-state index in [1.54, 1.807) is 6.07 Å². The minimum absolute atomic E-state index is 0.0343. The third-order valence-electron chi connectivity index (χ3n) is 4.15. The van der Waals surface area contributed by atoms with Gasteiger partial charge in [0.25, 0.3) is 5.56 Å². The first kappa shape index (κ1) is 14.0. The molecule has 0 radical (unpaired) electrons. The van der Waals surface area contributed by atoms with Gasteiger partial charge in [-0.25, -0.2) is 4.98 Å². The Morgan fingerprint density at radius 3 is 2.74 bits per heavy atom. The molecule has 23 heavy (non-hydrogen) atoms. The second-order valence-electron chi connectivity index (χ2n) is 5.67. The van der Waals surface area contributed by atoms with Gasteiger partial charge in [-0.2, -0.15) is 0 Å². The first-order valence-corrected chi connectivity index (χ1v) is 7.73. The maximum absolute atomic E-state index is 12.2. The molecule has 116 valence electrons. The van der Waals surface area contributed by atoms with Crippen LogP contribution in [0.2, 0.25) is 0 Å². The molecule has 1 aliphatic rings. The van der Waals surface area contributed by atoms with Crippen LogP contribution in [0.1, 0.15) is 18.1 Å². The monoisotopic (exact) mass is 307 g/mol. The van der Waals surface area contributed by atoms with Crippen molar-refractivity contribution in [2.75, 3.05) is 11.9 Å². The number of hydrogen-bond acceptors (Lipinski definition) is 4. The first-order chi connectivity index (χ1) is 11.3. The Balaban J connectivity index is 1.63. The third kappa shape index (κ3) is 2.71. The van der Waals surface area contributed by atoms with E-state index in [0.29, 0.717) is 23.5 Å². The second-order valence-corrected chi connectivity index (χ2v) is 5.67. The Hall–Kier alpha value is -2.66. The molecule has 2 aromatic carbocycles. The van der Waals surface area contributed by atoms with Gasteiger partial charge in [0.1, 0.15) is 6.10 Å². The predicted molar refractivity (Wildman–Crippen MR) is 89.5 cm³/mol. The number of anilines is 1. The fourth-order valence-electron chi connectivity index (χ4n) is 3.04. The lowest BCUT2D eigenvalue weighted by molar-refractivity contribution is 0.107. The van der Waals surface area contributed by atoms with Crippen LogP contribution in [0.3, 0.4) is 0 Å². The van der Waals surface area contributed by atoms with Crippen LogP contribution in [-0.2, 0) is 4.74 Å². The van der Waals surface area contributed by atoms with Crippen LogP contribution in [0.4, 0.5) is 5.95 Å². The number of aromatic amines is 1. The molecule has 1 aromatic heterocycles. The SMILES string of the molecule is O=c1[nH]c(NC2CCOC2c2ccccc2)nc2ccccc12. The van der Waals surface area contributed by atoms with Crippen molar-refractivity contribution in [3.05, 3.63) is 70.5 Å². The van der Waals surface area contributed by atoms with Crippen molar-refractivity contribution in [2.45, 2.75) is 18.6 Å². The summed E-state index contributed by atoms with van der Waals surface area (Å²) in [4.78, 5) is 19.5. The van der Waals surface area contributed by atoms with Crippen LogP contribution in [-0.4, -0.2) is 22.6 Å². The maximum atomic E-state index is 12.2. The van der Waals surface area contributed by atoms with Crippen molar-refractivity contribution >= 4 is 16.9 Å². The van der Waals surface area contributed by atoms with Gasteiger partial charge in [-0.3, -0.25) is 9.78 Å². The first-order valence-electron chi connectivity index (χ1n) is 7.73. The summed E-state index contributed by atoms with van der Waals surface area (Å²) in [6.45, 7) is 0.690. The summed E-state index contributed by atoms with van der Waals surface area (Å²) < 4.78 is 5.86. The zero-order valence-corrected chi connectivity index (χ0v) is 12.5. The van der Waals surface area contributed by atoms with Gasteiger partial charge in [-0.1, -0.05) is 42.5 Å². The van der Waals surface area contributed by atoms with Crippen molar-refractivity contribution in [3.63, 3.8) is 0 Å². The molecule has 0 aliphatic carbocycles. The minimum atomic E-state index is -0.131. The molecule has 2 N–H and O–H groups in total. The van der Waals surface area contributed by atoms with E-state index >= 15 is 0 Å². The molecule has 5 heteroatoms. The van der Waals surface area contributed by atoms with E-state index in [0.717, 1.165) is 12.0 Å². The summed E-state index contributed by atoms with van der Waals surface area (Å²) in [7, 11) is 0. The molecule has 2 unspecified atom stereocenters. The average molecular weight is 307 g/mol. The minimum Gasteiger partial charge on any atom is -0.371 e. The number of rotatable bonds is 3. The van der Waals surface area contributed by atoms with E-state index in [1.165, 1.54) is 0 Å². The number of H-pyrrole nitrogens is 1. The van der Waals surface area contributed by atoms with Gasteiger partial charge in [-0.05, 0) is 24.1 Å². The van der Waals surface area contributed by atoms with Gasteiger partial charge < -0.3 is 10.1 Å². The summed E-state index contributed by atoms with van der Waals surface area (Å²) in [5.74, 6) is 0.491. The van der Waals surface area contributed by atoms with Gasteiger partial charge in [0.2, 0.25) is 5.95 Å². The zero-order valence-electron chi connectivity index (χ0n) is 12.5. The molecule has 0 saturated carbocycles. The molecule has 2 atom stereocenters. The number of hydrogen-bond donors (Lipinski definition) is 2. The molecular weight excluding hydrogens is 290 g/mol. The largest absolute Gasteiger partial charge is 0.371 e. The molecule has 0 amide bonds. The Labute approximate surface area is 133 Å². The standard InChI is InChI=1S/C18H17N3O2/c22-17-13-8-4-5-9-14(13)19-18(21-17)20-15-10-11-23-16(15)12-6-2-1-3-7-12/h1-9,15-16H,10-11H2,(H2,19,20,21,22). The molecule has 1 saturated heterocycles.